The van der Waals surface area contributed by atoms with Crippen LogP contribution in [0.25, 0.3) is 0 Å². The Labute approximate surface area is 87.2 Å². The Kier molecular flexibility index (Phi) is 2.49. The average molecular weight is 204 g/mol. The van der Waals surface area contributed by atoms with Crippen LogP contribution < -0.4 is 11.1 Å². The largest absolute Gasteiger partial charge is 0.384 e. The molecule has 2 heterocycles. The number of rotatable bonds is 3. The lowest BCUT2D eigenvalue weighted by Crippen LogP contribution is -2.04. The van der Waals surface area contributed by atoms with Crippen LogP contribution in [0.3, 0.4) is 0 Å². The first-order valence-electron chi connectivity index (χ1n) is 4.53. The van der Waals surface area contributed by atoms with Crippen LogP contribution >= 0.6 is 0 Å². The summed E-state index contributed by atoms with van der Waals surface area (Å²) >= 11 is 0. The molecule has 2 aromatic rings. The Balaban J connectivity index is 2.02. The Hall–Kier alpha value is -2.11. The molecular weight excluding hydrogens is 192 g/mol. The van der Waals surface area contributed by atoms with Crippen LogP contribution in [0.5, 0.6) is 0 Å². The predicted octanol–water partition coefficient (Wildman–Crippen LogP) is 0.404. The van der Waals surface area contributed by atoms with E-state index in [2.05, 4.69) is 20.4 Å². The van der Waals surface area contributed by atoms with Gasteiger partial charge in [-0.25, -0.2) is 9.97 Å². The van der Waals surface area contributed by atoms with Crippen molar-refractivity contribution in [2.24, 2.45) is 7.05 Å². The zero-order chi connectivity index (χ0) is 10.7. The minimum atomic E-state index is 0.608. The lowest BCUT2D eigenvalue weighted by Gasteiger charge is -2.03. The molecule has 0 spiro atoms. The number of nitrogens with two attached hydrogens (primary N) is 1. The van der Waals surface area contributed by atoms with Gasteiger partial charge in [-0.15, -0.1) is 0 Å². The number of nitrogens with one attached hydrogen (secondary N) is 1. The highest BCUT2D eigenvalue weighted by Crippen LogP contribution is 2.10. The molecule has 0 aliphatic carbocycles. The molecule has 0 saturated carbocycles. The van der Waals surface area contributed by atoms with Crippen molar-refractivity contribution >= 4 is 11.6 Å². The molecular formula is C9H12N6. The van der Waals surface area contributed by atoms with Crippen molar-refractivity contribution in [2.75, 3.05) is 11.1 Å². The summed E-state index contributed by atoms with van der Waals surface area (Å²) in [5.74, 6) is 1.44. The molecule has 3 N–H and O–H groups in total. The number of aryl methyl sites for hydroxylation is 1. The third-order valence-electron chi connectivity index (χ3n) is 2.11. The fraction of sp³-hybridized carbons (Fsp3) is 0.222. The van der Waals surface area contributed by atoms with Gasteiger partial charge in [0.25, 0.3) is 0 Å². The van der Waals surface area contributed by atoms with E-state index in [9.17, 15) is 0 Å². The molecule has 78 valence electrons. The molecule has 2 rings (SSSR count). The van der Waals surface area contributed by atoms with Crippen molar-refractivity contribution in [2.45, 2.75) is 6.54 Å². The summed E-state index contributed by atoms with van der Waals surface area (Å²) in [5, 5.41) is 7.18. The summed E-state index contributed by atoms with van der Waals surface area (Å²) in [6.07, 6.45) is 4.92. The molecule has 0 aromatic carbocycles. The van der Waals surface area contributed by atoms with E-state index in [1.165, 1.54) is 6.33 Å². The second kappa shape index (κ2) is 3.95. The standard InChI is InChI=1S/C9H12N6/c1-15-9(10)7(5-14-15)4-12-8-2-3-11-6-13-8/h2-3,5-6H,4,10H2,1H3,(H,11,12,13). The highest BCUT2D eigenvalue weighted by molar-refractivity contribution is 5.42. The summed E-state index contributed by atoms with van der Waals surface area (Å²) in [6, 6.07) is 1.80. The molecule has 0 atom stereocenters. The molecule has 0 saturated heterocycles. The molecule has 6 heteroatoms. The fourth-order valence-electron chi connectivity index (χ4n) is 1.21. The maximum absolute atomic E-state index is 5.79. The van der Waals surface area contributed by atoms with Gasteiger partial charge in [-0.1, -0.05) is 0 Å². The highest BCUT2D eigenvalue weighted by Gasteiger charge is 2.03. The lowest BCUT2D eigenvalue weighted by atomic mass is 10.3. The zero-order valence-corrected chi connectivity index (χ0v) is 8.38. The number of nitrogens with zero attached hydrogens (tertiary/aromatic N) is 4. The summed E-state index contributed by atoms with van der Waals surface area (Å²) in [7, 11) is 1.81. The van der Waals surface area contributed by atoms with Gasteiger partial charge in [0, 0.05) is 25.4 Å². The third-order valence-corrected chi connectivity index (χ3v) is 2.11. The number of hydrogen-bond donors (Lipinski definition) is 2. The molecule has 0 aliphatic heterocycles. The second-order valence-corrected chi connectivity index (χ2v) is 3.13. The summed E-state index contributed by atoms with van der Waals surface area (Å²) < 4.78 is 1.64. The van der Waals surface area contributed by atoms with Gasteiger partial charge in [-0.3, -0.25) is 4.68 Å². The maximum atomic E-state index is 5.79. The van der Waals surface area contributed by atoms with E-state index in [-0.39, 0.29) is 0 Å². The summed E-state index contributed by atoms with van der Waals surface area (Å²) in [5.41, 5.74) is 6.75. The molecule has 2 aromatic heterocycles. The van der Waals surface area contributed by atoms with Crippen molar-refractivity contribution in [1.82, 2.24) is 19.7 Å². The number of anilines is 2. The second-order valence-electron chi connectivity index (χ2n) is 3.13. The predicted molar refractivity (Wildman–Crippen MR) is 57.0 cm³/mol. The van der Waals surface area contributed by atoms with E-state index >= 15 is 0 Å². The Morgan fingerprint density at radius 2 is 2.40 bits per heavy atom. The first-order chi connectivity index (χ1) is 7.27. The van der Waals surface area contributed by atoms with Gasteiger partial charge < -0.3 is 11.1 Å². The molecule has 0 bridgehead atoms. The SMILES string of the molecule is Cn1ncc(CNc2ccncn2)c1N. The van der Waals surface area contributed by atoms with Crippen molar-refractivity contribution in [3.8, 4) is 0 Å². The summed E-state index contributed by atoms with van der Waals surface area (Å²) in [4.78, 5) is 7.87. The molecule has 0 fully saturated rings. The van der Waals surface area contributed by atoms with E-state index < -0.39 is 0 Å². The van der Waals surface area contributed by atoms with Gasteiger partial charge >= 0.3 is 0 Å². The molecule has 0 radical (unpaired) electrons. The van der Waals surface area contributed by atoms with Gasteiger partial charge in [0.2, 0.25) is 0 Å². The maximum Gasteiger partial charge on any atom is 0.129 e. The lowest BCUT2D eigenvalue weighted by molar-refractivity contribution is 0.778. The monoisotopic (exact) mass is 204 g/mol. The van der Waals surface area contributed by atoms with Gasteiger partial charge in [0.1, 0.15) is 18.0 Å². The van der Waals surface area contributed by atoms with E-state index in [4.69, 9.17) is 5.73 Å². The highest BCUT2D eigenvalue weighted by atomic mass is 15.3. The Morgan fingerprint density at radius 1 is 1.53 bits per heavy atom. The average Bonchev–Trinajstić information content (AvgIpc) is 2.59. The minimum Gasteiger partial charge on any atom is -0.384 e. The van der Waals surface area contributed by atoms with Gasteiger partial charge in [0.05, 0.1) is 6.20 Å². The first-order valence-corrected chi connectivity index (χ1v) is 4.53. The zero-order valence-electron chi connectivity index (χ0n) is 8.38. The molecule has 0 amide bonds. The molecule has 6 nitrogen and oxygen atoms in total. The van der Waals surface area contributed by atoms with Crippen LogP contribution in [0.4, 0.5) is 11.6 Å². The van der Waals surface area contributed by atoms with Crippen LogP contribution in [0.1, 0.15) is 5.56 Å². The smallest absolute Gasteiger partial charge is 0.129 e. The first kappa shape index (κ1) is 9.45. The number of hydrogen-bond acceptors (Lipinski definition) is 5. The van der Waals surface area contributed by atoms with Crippen LogP contribution in [0.2, 0.25) is 0 Å². The fourth-order valence-corrected chi connectivity index (χ4v) is 1.21. The van der Waals surface area contributed by atoms with E-state index in [0.717, 1.165) is 11.4 Å². The molecule has 0 aliphatic rings. The number of nitrogen functional groups attached to an aromatic ring is 1. The van der Waals surface area contributed by atoms with E-state index in [1.54, 1.807) is 23.1 Å². The van der Waals surface area contributed by atoms with Gasteiger partial charge in [-0.2, -0.15) is 5.10 Å². The summed E-state index contributed by atoms with van der Waals surface area (Å²) in [6.45, 7) is 0.608. The van der Waals surface area contributed by atoms with Crippen LogP contribution in [-0.2, 0) is 13.6 Å². The van der Waals surface area contributed by atoms with E-state index in [1.807, 2.05) is 7.05 Å². The van der Waals surface area contributed by atoms with Crippen molar-refractivity contribution in [1.29, 1.82) is 0 Å². The topological polar surface area (TPSA) is 81.7 Å². The van der Waals surface area contributed by atoms with Gasteiger partial charge in [0.15, 0.2) is 0 Å². The Bertz CT molecular complexity index is 435. The normalized spacial score (nSPS) is 10.2. The van der Waals surface area contributed by atoms with Crippen molar-refractivity contribution < 1.29 is 0 Å². The molecule has 0 unspecified atom stereocenters. The van der Waals surface area contributed by atoms with Gasteiger partial charge in [-0.05, 0) is 6.07 Å². The van der Waals surface area contributed by atoms with E-state index in [0.29, 0.717) is 12.4 Å². The Morgan fingerprint density at radius 3 is 3.00 bits per heavy atom. The molecule has 15 heavy (non-hydrogen) atoms. The van der Waals surface area contributed by atoms with Crippen LogP contribution in [0.15, 0.2) is 24.8 Å². The minimum absolute atomic E-state index is 0.608. The van der Waals surface area contributed by atoms with Crippen molar-refractivity contribution in [3.05, 3.63) is 30.4 Å². The van der Waals surface area contributed by atoms with Crippen molar-refractivity contribution in [3.63, 3.8) is 0 Å². The number of aromatic nitrogens is 4. The third kappa shape index (κ3) is 2.04. The van der Waals surface area contributed by atoms with Crippen LogP contribution in [-0.4, -0.2) is 19.7 Å². The van der Waals surface area contributed by atoms with Crippen LogP contribution in [0, 0.1) is 0 Å². The quantitative estimate of drug-likeness (QED) is 0.756.